The number of likely N-dealkylation sites (tertiary alicyclic amines) is 1. The predicted molar refractivity (Wildman–Crippen MR) is 112 cm³/mol. The Morgan fingerprint density at radius 1 is 1.07 bits per heavy atom. The molecular weight excluding hydrogens is 390 g/mol. The number of amides is 2. The molecule has 0 aliphatic carbocycles. The zero-order valence-corrected chi connectivity index (χ0v) is 16.9. The Bertz CT molecular complexity index is 883. The molecule has 2 aromatic heterocycles. The number of nitrogens with zero attached hydrogens (tertiary/aromatic N) is 4. The molecule has 0 radical (unpaired) electrons. The van der Waals surface area contributed by atoms with Gasteiger partial charge in [0.2, 0.25) is 5.91 Å². The van der Waals surface area contributed by atoms with Gasteiger partial charge in [-0.2, -0.15) is 0 Å². The van der Waals surface area contributed by atoms with Crippen LogP contribution in [0.3, 0.4) is 0 Å². The molecular formula is C21H24ClN5O2. The van der Waals surface area contributed by atoms with Crippen molar-refractivity contribution in [1.82, 2.24) is 14.9 Å². The van der Waals surface area contributed by atoms with E-state index in [1.165, 1.54) is 6.20 Å². The lowest BCUT2D eigenvalue weighted by molar-refractivity contribution is -0.121. The second kappa shape index (κ2) is 8.78. The average Bonchev–Trinajstić information content (AvgIpc) is 3.30. The molecule has 2 saturated heterocycles. The summed E-state index contributed by atoms with van der Waals surface area (Å²) in [7, 11) is 0. The van der Waals surface area contributed by atoms with Gasteiger partial charge in [0.05, 0.1) is 16.5 Å². The summed E-state index contributed by atoms with van der Waals surface area (Å²) < 4.78 is 0. The van der Waals surface area contributed by atoms with Crippen LogP contribution in [0.5, 0.6) is 0 Å². The van der Waals surface area contributed by atoms with Crippen LogP contribution in [0.15, 0.2) is 36.7 Å². The van der Waals surface area contributed by atoms with Crippen molar-refractivity contribution in [2.75, 3.05) is 36.4 Å². The van der Waals surface area contributed by atoms with E-state index in [0.29, 0.717) is 29.5 Å². The van der Waals surface area contributed by atoms with E-state index in [0.717, 1.165) is 44.6 Å². The minimum Gasteiger partial charge on any atom is -0.356 e. The smallest absolute Gasteiger partial charge is 0.257 e. The zero-order chi connectivity index (χ0) is 20.2. The summed E-state index contributed by atoms with van der Waals surface area (Å²) in [4.78, 5) is 38.5. The maximum atomic E-state index is 13.2. The first-order valence-electron chi connectivity index (χ1n) is 10.0. The molecule has 152 valence electrons. The minimum atomic E-state index is -0.267. The lowest BCUT2D eigenvalue weighted by Crippen LogP contribution is -2.44. The van der Waals surface area contributed by atoms with Crippen molar-refractivity contribution in [2.45, 2.75) is 25.7 Å². The van der Waals surface area contributed by atoms with E-state index in [4.69, 9.17) is 11.6 Å². The van der Waals surface area contributed by atoms with Gasteiger partial charge < -0.3 is 15.1 Å². The first kappa shape index (κ1) is 19.6. The van der Waals surface area contributed by atoms with Crippen molar-refractivity contribution in [2.24, 2.45) is 5.92 Å². The Morgan fingerprint density at radius 3 is 2.66 bits per heavy atom. The molecule has 0 bridgehead atoms. The van der Waals surface area contributed by atoms with Crippen LogP contribution >= 0.6 is 11.6 Å². The molecule has 2 aromatic rings. The van der Waals surface area contributed by atoms with E-state index in [2.05, 4.69) is 20.2 Å². The molecule has 2 amide bonds. The number of nitrogens with one attached hydrogen (secondary N) is 1. The first-order chi connectivity index (χ1) is 14.1. The van der Waals surface area contributed by atoms with Crippen LogP contribution in [0.2, 0.25) is 5.02 Å². The third-order valence-corrected chi connectivity index (χ3v) is 5.70. The van der Waals surface area contributed by atoms with Gasteiger partial charge in [0.1, 0.15) is 11.6 Å². The van der Waals surface area contributed by atoms with Crippen LogP contribution in [0.25, 0.3) is 0 Å². The molecule has 2 aliphatic heterocycles. The standard InChI is InChI=1S/C21H24ClN5O2/c22-16-7-8-18(24-13-16)25-20(28)15-5-4-12-27(14-15)21(29)17-6-3-9-23-19(17)26-10-1-2-11-26/h3,6-9,13,15H,1-2,4-5,10-12,14H2,(H,24,25,28). The number of rotatable bonds is 4. The van der Waals surface area contributed by atoms with Crippen molar-refractivity contribution in [3.63, 3.8) is 0 Å². The SMILES string of the molecule is O=C(Nc1ccc(Cl)cn1)C1CCCN(C(=O)c2cccnc2N2CCCC2)C1. The Morgan fingerprint density at radius 2 is 1.90 bits per heavy atom. The van der Waals surface area contributed by atoms with Gasteiger partial charge in [-0.1, -0.05) is 11.6 Å². The summed E-state index contributed by atoms with van der Waals surface area (Å²) in [6.07, 6.45) is 7.00. The summed E-state index contributed by atoms with van der Waals surface area (Å²) in [6.45, 7) is 2.90. The molecule has 29 heavy (non-hydrogen) atoms. The van der Waals surface area contributed by atoms with Crippen LogP contribution in [0, 0.1) is 5.92 Å². The molecule has 2 aliphatic rings. The van der Waals surface area contributed by atoms with E-state index in [9.17, 15) is 9.59 Å². The third kappa shape index (κ3) is 4.50. The molecule has 4 rings (SSSR count). The molecule has 8 heteroatoms. The number of hydrogen-bond donors (Lipinski definition) is 1. The van der Waals surface area contributed by atoms with Crippen molar-refractivity contribution in [1.29, 1.82) is 0 Å². The van der Waals surface area contributed by atoms with Gasteiger partial charge in [-0.05, 0) is 49.9 Å². The number of halogens is 1. The number of carbonyl (C=O) groups is 2. The fourth-order valence-corrected chi connectivity index (χ4v) is 4.08. The largest absolute Gasteiger partial charge is 0.356 e. The van der Waals surface area contributed by atoms with E-state index < -0.39 is 0 Å². The van der Waals surface area contributed by atoms with Crippen molar-refractivity contribution in [3.8, 4) is 0 Å². The van der Waals surface area contributed by atoms with E-state index in [1.807, 2.05) is 6.07 Å². The van der Waals surface area contributed by atoms with E-state index in [1.54, 1.807) is 29.3 Å². The second-order valence-corrected chi connectivity index (χ2v) is 7.95. The van der Waals surface area contributed by atoms with Gasteiger partial charge in [0.25, 0.3) is 5.91 Å². The lowest BCUT2D eigenvalue weighted by atomic mass is 9.96. The summed E-state index contributed by atoms with van der Waals surface area (Å²) in [5.74, 6) is 0.779. The molecule has 0 spiro atoms. The first-order valence-corrected chi connectivity index (χ1v) is 10.4. The highest BCUT2D eigenvalue weighted by molar-refractivity contribution is 6.30. The van der Waals surface area contributed by atoms with Crippen LogP contribution < -0.4 is 10.2 Å². The molecule has 4 heterocycles. The summed E-state index contributed by atoms with van der Waals surface area (Å²) >= 11 is 5.84. The number of pyridine rings is 2. The number of aromatic nitrogens is 2. The summed E-state index contributed by atoms with van der Waals surface area (Å²) in [5, 5.41) is 3.34. The van der Waals surface area contributed by atoms with Gasteiger partial charge >= 0.3 is 0 Å². The summed E-state index contributed by atoms with van der Waals surface area (Å²) in [6, 6.07) is 6.99. The third-order valence-electron chi connectivity index (χ3n) is 5.48. The number of carbonyl (C=O) groups excluding carboxylic acids is 2. The van der Waals surface area contributed by atoms with E-state index in [-0.39, 0.29) is 17.7 Å². The van der Waals surface area contributed by atoms with Crippen molar-refractivity contribution >= 4 is 35.1 Å². The van der Waals surface area contributed by atoms with Crippen LogP contribution in [0.1, 0.15) is 36.0 Å². The Labute approximate surface area is 175 Å². The Balaban J connectivity index is 1.45. The normalized spacial score (nSPS) is 19.3. The maximum absolute atomic E-state index is 13.2. The van der Waals surface area contributed by atoms with E-state index >= 15 is 0 Å². The Kier molecular flexibility index (Phi) is 5.94. The minimum absolute atomic E-state index is 0.0536. The highest BCUT2D eigenvalue weighted by Gasteiger charge is 2.31. The van der Waals surface area contributed by atoms with Crippen molar-refractivity contribution < 1.29 is 9.59 Å². The monoisotopic (exact) mass is 413 g/mol. The highest BCUT2D eigenvalue weighted by Crippen LogP contribution is 2.26. The quantitative estimate of drug-likeness (QED) is 0.832. The van der Waals surface area contributed by atoms with Gasteiger partial charge in [0.15, 0.2) is 0 Å². The second-order valence-electron chi connectivity index (χ2n) is 7.51. The molecule has 0 saturated carbocycles. The van der Waals surface area contributed by atoms with Crippen molar-refractivity contribution in [3.05, 3.63) is 47.2 Å². The van der Waals surface area contributed by atoms with Crippen LogP contribution in [-0.2, 0) is 4.79 Å². The summed E-state index contributed by atoms with van der Waals surface area (Å²) in [5.41, 5.74) is 0.620. The number of piperidine rings is 1. The average molecular weight is 414 g/mol. The number of hydrogen-bond acceptors (Lipinski definition) is 5. The molecule has 0 aromatic carbocycles. The molecule has 7 nitrogen and oxygen atoms in total. The highest BCUT2D eigenvalue weighted by atomic mass is 35.5. The lowest BCUT2D eigenvalue weighted by Gasteiger charge is -2.33. The van der Waals surface area contributed by atoms with Gasteiger partial charge in [-0.15, -0.1) is 0 Å². The molecule has 1 N–H and O–H groups in total. The Hall–Kier alpha value is -2.67. The van der Waals surface area contributed by atoms with Gasteiger partial charge in [-0.25, -0.2) is 9.97 Å². The maximum Gasteiger partial charge on any atom is 0.257 e. The fraction of sp³-hybridized carbons (Fsp3) is 0.429. The predicted octanol–water partition coefficient (Wildman–Crippen LogP) is 3.22. The van der Waals surface area contributed by atoms with Crippen LogP contribution in [0.4, 0.5) is 11.6 Å². The zero-order valence-electron chi connectivity index (χ0n) is 16.2. The van der Waals surface area contributed by atoms with Gasteiger partial charge in [0, 0.05) is 38.6 Å². The molecule has 1 unspecified atom stereocenters. The van der Waals surface area contributed by atoms with Crippen LogP contribution in [-0.4, -0.2) is 52.9 Å². The van der Waals surface area contributed by atoms with Gasteiger partial charge in [-0.3, -0.25) is 9.59 Å². The fourth-order valence-electron chi connectivity index (χ4n) is 3.97. The molecule has 2 fully saturated rings. The topological polar surface area (TPSA) is 78.4 Å². The molecule has 1 atom stereocenters. The number of anilines is 2.